The van der Waals surface area contributed by atoms with Crippen LogP contribution in [0.2, 0.25) is 0 Å². The maximum atomic E-state index is 10.9. The Balaban J connectivity index is 1.83. The molecule has 0 bridgehead atoms. The number of carbonyl (C=O) groups is 1. The van der Waals surface area contributed by atoms with Gasteiger partial charge in [-0.15, -0.1) is 0 Å². The van der Waals surface area contributed by atoms with E-state index in [9.17, 15) is 4.79 Å². The van der Waals surface area contributed by atoms with Crippen molar-refractivity contribution in [3.63, 3.8) is 0 Å². The van der Waals surface area contributed by atoms with E-state index in [2.05, 4.69) is 38.0 Å². The van der Waals surface area contributed by atoms with Gasteiger partial charge in [-0.05, 0) is 23.8 Å². The van der Waals surface area contributed by atoms with Crippen molar-refractivity contribution in [1.29, 1.82) is 0 Å². The normalized spacial score (nSPS) is 10.7. The molecule has 0 atom stereocenters. The standard InChI is InChI=1S/C19H15BrN2O2S2/c20-15-8-6-13(7-9-15)11-26-19-21-16(14-4-2-1-3-5-14)10-17(22-19)25-12-18(23)24/h1-10H,11-12H2,(H,23,24). The number of benzene rings is 2. The van der Waals surface area contributed by atoms with Crippen molar-refractivity contribution in [3.05, 3.63) is 70.7 Å². The Morgan fingerprint density at radius 2 is 1.73 bits per heavy atom. The third kappa shape index (κ3) is 5.59. The van der Waals surface area contributed by atoms with Gasteiger partial charge in [-0.1, -0.05) is 81.9 Å². The average Bonchev–Trinajstić information content (AvgIpc) is 2.66. The zero-order valence-electron chi connectivity index (χ0n) is 13.6. The Labute approximate surface area is 168 Å². The lowest BCUT2D eigenvalue weighted by molar-refractivity contribution is -0.133. The molecular formula is C19H15BrN2O2S2. The molecule has 7 heteroatoms. The van der Waals surface area contributed by atoms with Gasteiger partial charge in [-0.3, -0.25) is 4.79 Å². The van der Waals surface area contributed by atoms with Crippen LogP contribution < -0.4 is 0 Å². The van der Waals surface area contributed by atoms with Crippen LogP contribution >= 0.6 is 39.5 Å². The zero-order chi connectivity index (χ0) is 18.4. The molecule has 3 rings (SSSR count). The van der Waals surface area contributed by atoms with Crippen molar-refractivity contribution in [2.75, 3.05) is 5.75 Å². The van der Waals surface area contributed by atoms with E-state index >= 15 is 0 Å². The molecule has 0 aliphatic heterocycles. The summed E-state index contributed by atoms with van der Waals surface area (Å²) in [6, 6.07) is 19.8. The molecule has 3 aromatic rings. The molecule has 1 N–H and O–H groups in total. The zero-order valence-corrected chi connectivity index (χ0v) is 16.9. The fourth-order valence-electron chi connectivity index (χ4n) is 2.16. The van der Waals surface area contributed by atoms with Gasteiger partial charge >= 0.3 is 5.97 Å². The molecule has 26 heavy (non-hydrogen) atoms. The SMILES string of the molecule is O=C(O)CSc1cc(-c2ccccc2)nc(SCc2ccc(Br)cc2)n1. The van der Waals surface area contributed by atoms with Crippen molar-refractivity contribution >= 4 is 45.4 Å². The third-order valence-corrected chi connectivity index (χ3v) is 5.72. The van der Waals surface area contributed by atoms with Gasteiger partial charge in [-0.25, -0.2) is 9.97 Å². The summed E-state index contributed by atoms with van der Waals surface area (Å²) in [5.74, 6) is -0.143. The quantitative estimate of drug-likeness (QED) is 0.298. The highest BCUT2D eigenvalue weighted by atomic mass is 79.9. The van der Waals surface area contributed by atoms with Crippen LogP contribution in [0.4, 0.5) is 0 Å². The molecule has 0 aliphatic carbocycles. The van der Waals surface area contributed by atoms with E-state index in [-0.39, 0.29) is 5.75 Å². The molecule has 1 heterocycles. The van der Waals surface area contributed by atoms with E-state index in [1.807, 2.05) is 48.5 Å². The monoisotopic (exact) mass is 446 g/mol. The summed E-state index contributed by atoms with van der Waals surface area (Å²) in [5, 5.41) is 10.2. The van der Waals surface area contributed by atoms with Gasteiger partial charge < -0.3 is 5.11 Å². The van der Waals surface area contributed by atoms with E-state index in [4.69, 9.17) is 5.11 Å². The van der Waals surface area contributed by atoms with Crippen molar-refractivity contribution in [3.8, 4) is 11.3 Å². The van der Waals surface area contributed by atoms with Crippen LogP contribution in [0.15, 0.2) is 75.3 Å². The lowest BCUT2D eigenvalue weighted by Gasteiger charge is -2.08. The number of thioether (sulfide) groups is 2. The van der Waals surface area contributed by atoms with E-state index in [1.165, 1.54) is 29.1 Å². The predicted octanol–water partition coefficient (Wildman–Crippen LogP) is 5.38. The second-order valence-electron chi connectivity index (χ2n) is 5.34. The minimum Gasteiger partial charge on any atom is -0.481 e. The van der Waals surface area contributed by atoms with Crippen LogP contribution in [-0.2, 0) is 10.5 Å². The first-order valence-corrected chi connectivity index (χ1v) is 10.5. The number of carboxylic acids is 1. The fraction of sp³-hybridized carbons (Fsp3) is 0.105. The minimum absolute atomic E-state index is 0.0257. The van der Waals surface area contributed by atoms with Gasteiger partial charge in [-0.2, -0.15) is 0 Å². The van der Waals surface area contributed by atoms with Gasteiger partial charge in [0.25, 0.3) is 0 Å². The van der Waals surface area contributed by atoms with E-state index in [0.29, 0.717) is 10.2 Å². The molecule has 0 amide bonds. The van der Waals surface area contributed by atoms with Crippen LogP contribution in [0.1, 0.15) is 5.56 Å². The molecule has 0 fully saturated rings. The van der Waals surface area contributed by atoms with Crippen LogP contribution in [0.3, 0.4) is 0 Å². The molecule has 4 nitrogen and oxygen atoms in total. The van der Waals surface area contributed by atoms with Crippen molar-refractivity contribution in [2.45, 2.75) is 15.9 Å². The number of carboxylic acid groups (broad SMARTS) is 1. The Bertz CT molecular complexity index is 890. The summed E-state index contributed by atoms with van der Waals surface area (Å²) < 4.78 is 1.04. The van der Waals surface area contributed by atoms with Gasteiger partial charge in [0, 0.05) is 15.8 Å². The molecule has 1 aromatic heterocycles. The van der Waals surface area contributed by atoms with Gasteiger partial charge in [0.05, 0.1) is 11.4 Å². The lowest BCUT2D eigenvalue weighted by Crippen LogP contribution is -2.00. The summed E-state index contributed by atoms with van der Waals surface area (Å²) in [6.07, 6.45) is 0. The van der Waals surface area contributed by atoms with Crippen molar-refractivity contribution < 1.29 is 9.90 Å². The lowest BCUT2D eigenvalue weighted by atomic mass is 10.1. The van der Waals surface area contributed by atoms with Crippen LogP contribution in [-0.4, -0.2) is 26.8 Å². The second-order valence-corrected chi connectivity index (χ2v) is 8.19. The highest BCUT2D eigenvalue weighted by Crippen LogP contribution is 2.28. The molecule has 0 aliphatic rings. The van der Waals surface area contributed by atoms with Crippen molar-refractivity contribution in [2.24, 2.45) is 0 Å². The predicted molar refractivity (Wildman–Crippen MR) is 110 cm³/mol. The first-order chi connectivity index (χ1) is 12.6. The van der Waals surface area contributed by atoms with E-state index in [0.717, 1.165) is 21.5 Å². The highest BCUT2D eigenvalue weighted by Gasteiger charge is 2.10. The van der Waals surface area contributed by atoms with Gasteiger partial charge in [0.1, 0.15) is 5.03 Å². The Morgan fingerprint density at radius 1 is 1.00 bits per heavy atom. The summed E-state index contributed by atoms with van der Waals surface area (Å²) in [5.41, 5.74) is 2.95. The average molecular weight is 447 g/mol. The number of aliphatic carboxylic acids is 1. The highest BCUT2D eigenvalue weighted by molar-refractivity contribution is 9.10. The minimum atomic E-state index is -0.862. The Kier molecular flexibility index (Phi) is 6.71. The largest absolute Gasteiger partial charge is 0.481 e. The summed E-state index contributed by atoms with van der Waals surface area (Å²) in [4.78, 5) is 20.0. The molecular weight excluding hydrogens is 432 g/mol. The molecule has 0 radical (unpaired) electrons. The third-order valence-electron chi connectivity index (χ3n) is 3.38. The van der Waals surface area contributed by atoms with Gasteiger partial charge in [0.2, 0.25) is 0 Å². The molecule has 2 aromatic carbocycles. The molecule has 0 unspecified atom stereocenters. The number of nitrogens with zero attached hydrogens (tertiary/aromatic N) is 2. The summed E-state index contributed by atoms with van der Waals surface area (Å²) in [7, 11) is 0. The molecule has 0 spiro atoms. The molecule has 132 valence electrons. The smallest absolute Gasteiger partial charge is 0.313 e. The number of hydrogen-bond donors (Lipinski definition) is 1. The van der Waals surface area contributed by atoms with E-state index in [1.54, 1.807) is 0 Å². The maximum absolute atomic E-state index is 10.9. The van der Waals surface area contributed by atoms with Crippen LogP contribution in [0.5, 0.6) is 0 Å². The first-order valence-electron chi connectivity index (χ1n) is 7.76. The Morgan fingerprint density at radius 3 is 2.42 bits per heavy atom. The maximum Gasteiger partial charge on any atom is 0.313 e. The van der Waals surface area contributed by atoms with Crippen LogP contribution in [0.25, 0.3) is 11.3 Å². The number of rotatable bonds is 7. The molecule has 0 saturated carbocycles. The number of hydrogen-bond acceptors (Lipinski definition) is 5. The fourth-order valence-corrected chi connectivity index (χ4v) is 3.92. The summed E-state index contributed by atoms with van der Waals surface area (Å²) >= 11 is 6.18. The van der Waals surface area contributed by atoms with Crippen LogP contribution in [0, 0.1) is 0 Å². The Hall–Kier alpha value is -1.83. The molecule has 0 saturated heterocycles. The number of aromatic nitrogens is 2. The topological polar surface area (TPSA) is 63.1 Å². The van der Waals surface area contributed by atoms with Gasteiger partial charge in [0.15, 0.2) is 5.16 Å². The van der Waals surface area contributed by atoms with E-state index < -0.39 is 5.97 Å². The summed E-state index contributed by atoms with van der Waals surface area (Å²) in [6.45, 7) is 0. The van der Waals surface area contributed by atoms with Crippen molar-refractivity contribution in [1.82, 2.24) is 9.97 Å². The first kappa shape index (κ1) is 18.9. The number of halogens is 1. The second kappa shape index (κ2) is 9.21.